The lowest BCUT2D eigenvalue weighted by atomic mass is 9.98. The number of hydrogen-bond acceptors (Lipinski definition) is 5. The van der Waals surface area contributed by atoms with Crippen molar-refractivity contribution in [2.24, 2.45) is 5.92 Å². The van der Waals surface area contributed by atoms with E-state index in [-0.39, 0.29) is 24.3 Å². The molecule has 7 nitrogen and oxygen atoms in total. The maximum absolute atomic E-state index is 13.0. The van der Waals surface area contributed by atoms with Gasteiger partial charge in [0.1, 0.15) is 5.82 Å². The number of rotatable bonds is 1. The molecule has 7 heteroatoms. The molecule has 0 aliphatic carbocycles. The Morgan fingerprint density at radius 1 is 1.22 bits per heavy atom. The molecule has 0 aromatic carbocycles. The third kappa shape index (κ3) is 5.66. The van der Waals surface area contributed by atoms with Gasteiger partial charge >= 0.3 is 0 Å². The molecule has 0 saturated carbocycles. The van der Waals surface area contributed by atoms with E-state index in [9.17, 15) is 9.59 Å². The van der Waals surface area contributed by atoms with Crippen molar-refractivity contribution in [1.29, 1.82) is 0 Å². The second-order valence-electron chi connectivity index (χ2n) is 7.36. The molecule has 3 heterocycles. The minimum Gasteiger partial charge on any atom is -0.381 e. The first-order valence-corrected chi connectivity index (χ1v) is 9.94. The Morgan fingerprint density at radius 2 is 2.04 bits per heavy atom. The minimum atomic E-state index is -0.0265. The SMILES string of the molecule is CN1CCCNc2cccc(n2)CCCN(C(=O)C2CCOCC2)CC1=O. The predicted octanol–water partition coefficient (Wildman–Crippen LogP) is 1.54. The summed E-state index contributed by atoms with van der Waals surface area (Å²) in [7, 11) is 1.81. The number of amides is 2. The molecular formula is C20H30N4O3. The van der Waals surface area contributed by atoms with Crippen LogP contribution in [0, 0.1) is 5.92 Å². The maximum Gasteiger partial charge on any atom is 0.241 e. The van der Waals surface area contributed by atoms with Crippen molar-refractivity contribution >= 4 is 17.6 Å². The smallest absolute Gasteiger partial charge is 0.241 e. The fraction of sp³-hybridized carbons (Fsp3) is 0.650. The fourth-order valence-electron chi connectivity index (χ4n) is 3.58. The van der Waals surface area contributed by atoms with Crippen molar-refractivity contribution < 1.29 is 14.3 Å². The van der Waals surface area contributed by atoms with Crippen LogP contribution >= 0.6 is 0 Å². The van der Waals surface area contributed by atoms with Gasteiger partial charge in [-0.15, -0.1) is 0 Å². The number of fused-ring (bicyclic) bond motifs is 2. The van der Waals surface area contributed by atoms with Crippen LogP contribution in [0.3, 0.4) is 0 Å². The van der Waals surface area contributed by atoms with E-state index < -0.39 is 0 Å². The number of nitrogens with zero attached hydrogens (tertiary/aromatic N) is 3. The van der Waals surface area contributed by atoms with Crippen LogP contribution in [0.1, 0.15) is 31.4 Å². The Morgan fingerprint density at radius 3 is 2.85 bits per heavy atom. The van der Waals surface area contributed by atoms with Crippen LogP contribution in [0.2, 0.25) is 0 Å². The summed E-state index contributed by atoms with van der Waals surface area (Å²) in [6.45, 7) is 3.41. The van der Waals surface area contributed by atoms with E-state index in [0.717, 1.165) is 50.2 Å². The van der Waals surface area contributed by atoms with Crippen LogP contribution in [-0.4, -0.2) is 73.0 Å². The molecule has 27 heavy (non-hydrogen) atoms. The fourth-order valence-corrected chi connectivity index (χ4v) is 3.58. The number of pyridine rings is 1. The normalized spacial score (nSPS) is 20.7. The average molecular weight is 374 g/mol. The van der Waals surface area contributed by atoms with Gasteiger partial charge in [0.25, 0.3) is 0 Å². The van der Waals surface area contributed by atoms with Crippen molar-refractivity contribution in [2.75, 3.05) is 51.8 Å². The summed E-state index contributed by atoms with van der Waals surface area (Å²) >= 11 is 0. The Hall–Kier alpha value is -2.15. The summed E-state index contributed by atoms with van der Waals surface area (Å²) in [6, 6.07) is 5.99. The van der Waals surface area contributed by atoms with E-state index in [1.165, 1.54) is 0 Å². The zero-order valence-corrected chi connectivity index (χ0v) is 16.2. The predicted molar refractivity (Wildman–Crippen MR) is 103 cm³/mol. The van der Waals surface area contributed by atoms with E-state index in [1.54, 1.807) is 9.80 Å². The van der Waals surface area contributed by atoms with E-state index in [4.69, 9.17) is 4.74 Å². The molecule has 1 aromatic heterocycles. The zero-order valence-electron chi connectivity index (χ0n) is 16.2. The van der Waals surface area contributed by atoms with Gasteiger partial charge in [-0.05, 0) is 44.2 Å². The first-order chi connectivity index (χ1) is 13.1. The summed E-state index contributed by atoms with van der Waals surface area (Å²) < 4.78 is 5.38. The first kappa shape index (κ1) is 19.6. The Bertz CT molecular complexity index is 646. The molecule has 3 rings (SSSR count). The van der Waals surface area contributed by atoms with Gasteiger partial charge in [-0.3, -0.25) is 9.59 Å². The number of aromatic nitrogens is 1. The molecule has 148 valence electrons. The van der Waals surface area contributed by atoms with Crippen molar-refractivity contribution in [1.82, 2.24) is 14.8 Å². The highest BCUT2D eigenvalue weighted by Crippen LogP contribution is 2.18. The molecule has 2 amide bonds. The maximum atomic E-state index is 13.0. The summed E-state index contributed by atoms with van der Waals surface area (Å²) in [5, 5.41) is 3.32. The van der Waals surface area contributed by atoms with Gasteiger partial charge < -0.3 is 19.9 Å². The van der Waals surface area contributed by atoms with Crippen molar-refractivity contribution in [3.05, 3.63) is 23.9 Å². The summed E-state index contributed by atoms with van der Waals surface area (Å²) in [5.41, 5.74) is 1.01. The Kier molecular flexibility index (Phi) is 7.04. The number of carbonyl (C=O) groups excluding carboxylic acids is 2. The quantitative estimate of drug-likeness (QED) is 0.807. The third-order valence-electron chi connectivity index (χ3n) is 5.28. The molecule has 0 radical (unpaired) electrons. The number of ether oxygens (including phenoxy) is 1. The third-order valence-corrected chi connectivity index (χ3v) is 5.28. The van der Waals surface area contributed by atoms with Crippen molar-refractivity contribution in [3.63, 3.8) is 0 Å². The van der Waals surface area contributed by atoms with Gasteiger partial charge in [0.15, 0.2) is 0 Å². The lowest BCUT2D eigenvalue weighted by Crippen LogP contribution is -2.45. The van der Waals surface area contributed by atoms with E-state index in [2.05, 4.69) is 10.3 Å². The van der Waals surface area contributed by atoms with Gasteiger partial charge in [-0.25, -0.2) is 4.98 Å². The standard InChI is InChI=1S/C20H30N4O3/c1-23-11-4-10-21-18-7-2-5-17(22-18)6-3-12-24(15-19(23)25)20(26)16-8-13-27-14-9-16/h2,5,7,16H,3-4,6,8-15H2,1H3,(H,21,22). The van der Waals surface area contributed by atoms with Crippen molar-refractivity contribution in [2.45, 2.75) is 32.1 Å². The second-order valence-corrected chi connectivity index (χ2v) is 7.36. The van der Waals surface area contributed by atoms with Gasteiger partial charge in [-0.1, -0.05) is 6.07 Å². The molecule has 1 saturated heterocycles. The molecule has 2 aliphatic rings. The highest BCUT2D eigenvalue weighted by Gasteiger charge is 2.28. The summed E-state index contributed by atoms with van der Waals surface area (Å²) in [6.07, 6.45) is 3.91. The monoisotopic (exact) mass is 374 g/mol. The van der Waals surface area contributed by atoms with Crippen LogP contribution < -0.4 is 5.32 Å². The minimum absolute atomic E-state index is 0.00381. The molecule has 0 atom stereocenters. The van der Waals surface area contributed by atoms with Crippen LogP contribution in [0.5, 0.6) is 0 Å². The number of nitrogens with one attached hydrogen (secondary N) is 1. The lowest BCUT2D eigenvalue weighted by molar-refractivity contribution is -0.144. The lowest BCUT2D eigenvalue weighted by Gasteiger charge is -2.30. The molecule has 2 aliphatic heterocycles. The molecule has 0 spiro atoms. The van der Waals surface area contributed by atoms with Crippen LogP contribution in [-0.2, 0) is 20.7 Å². The molecule has 1 N–H and O–H groups in total. The number of anilines is 1. The first-order valence-electron chi connectivity index (χ1n) is 9.94. The van der Waals surface area contributed by atoms with Crippen LogP contribution in [0.25, 0.3) is 0 Å². The van der Waals surface area contributed by atoms with Gasteiger partial charge in [-0.2, -0.15) is 0 Å². The molecular weight excluding hydrogens is 344 g/mol. The summed E-state index contributed by atoms with van der Waals surface area (Å²) in [4.78, 5) is 33.7. The Labute approximate surface area is 161 Å². The van der Waals surface area contributed by atoms with Crippen LogP contribution in [0.4, 0.5) is 5.82 Å². The highest BCUT2D eigenvalue weighted by molar-refractivity contribution is 5.86. The van der Waals surface area contributed by atoms with Gasteiger partial charge in [0.05, 0.1) is 6.54 Å². The van der Waals surface area contributed by atoms with Gasteiger partial charge in [0.2, 0.25) is 11.8 Å². The molecule has 2 bridgehead atoms. The second kappa shape index (κ2) is 9.69. The van der Waals surface area contributed by atoms with Gasteiger partial charge in [0, 0.05) is 51.5 Å². The van der Waals surface area contributed by atoms with Crippen LogP contribution in [0.15, 0.2) is 18.2 Å². The zero-order chi connectivity index (χ0) is 19.1. The molecule has 0 unspecified atom stereocenters. The number of aryl methyl sites for hydroxylation is 1. The number of carbonyl (C=O) groups is 2. The largest absolute Gasteiger partial charge is 0.381 e. The van der Waals surface area contributed by atoms with E-state index in [0.29, 0.717) is 26.3 Å². The topological polar surface area (TPSA) is 74.8 Å². The van der Waals surface area contributed by atoms with E-state index >= 15 is 0 Å². The Balaban J connectivity index is 1.71. The number of hydrogen-bond donors (Lipinski definition) is 1. The highest BCUT2D eigenvalue weighted by atomic mass is 16.5. The number of likely N-dealkylation sites (N-methyl/N-ethyl adjacent to an activating group) is 1. The molecule has 1 aromatic rings. The summed E-state index contributed by atoms with van der Waals surface area (Å²) in [5.74, 6) is 0.940. The molecule has 1 fully saturated rings. The van der Waals surface area contributed by atoms with E-state index in [1.807, 2.05) is 25.2 Å². The average Bonchev–Trinajstić information content (AvgIpc) is 2.70. The van der Waals surface area contributed by atoms with Crippen molar-refractivity contribution in [3.8, 4) is 0 Å².